The first-order valence-corrected chi connectivity index (χ1v) is 11.8. The van der Waals surface area contributed by atoms with Gasteiger partial charge >= 0.3 is 5.97 Å². The number of esters is 1. The number of rotatable bonds is 6. The maximum absolute atomic E-state index is 13.1. The molecule has 0 radical (unpaired) electrons. The molecule has 0 saturated heterocycles. The third-order valence-corrected chi connectivity index (χ3v) is 5.84. The van der Waals surface area contributed by atoms with Crippen LogP contribution in [0, 0.1) is 0 Å². The topological polar surface area (TPSA) is 49.0 Å². The van der Waals surface area contributed by atoms with Gasteiger partial charge < -0.3 is 13.9 Å². The van der Waals surface area contributed by atoms with E-state index in [1.807, 2.05) is 69.3 Å². The van der Waals surface area contributed by atoms with Gasteiger partial charge in [-0.2, -0.15) is 0 Å². The highest BCUT2D eigenvalue weighted by molar-refractivity contribution is 5.98. The molecule has 5 aromatic rings. The van der Waals surface area contributed by atoms with Crippen LogP contribution >= 0.6 is 0 Å². The summed E-state index contributed by atoms with van der Waals surface area (Å²) < 4.78 is 10.0. The maximum atomic E-state index is 13.1. The average molecular weight is 464 g/mol. The van der Waals surface area contributed by atoms with Gasteiger partial charge in [0.15, 0.2) is 5.69 Å². The molecule has 0 aliphatic heterocycles. The van der Waals surface area contributed by atoms with E-state index in [4.69, 9.17) is 9.72 Å². The SMILES string of the molecule is CC(C)(C)OC(=O)c1cc2c(ccn2Cc2ccccc2)c(-c2cccn2Cc2ccccc2)n1. The average Bonchev–Trinajstić information content (AvgIpc) is 3.46. The molecule has 35 heavy (non-hydrogen) atoms. The number of nitrogens with zero attached hydrogens (tertiary/aromatic N) is 3. The third-order valence-electron chi connectivity index (χ3n) is 5.84. The number of ether oxygens (including phenoxy) is 1. The molecular weight excluding hydrogens is 434 g/mol. The minimum absolute atomic E-state index is 0.308. The number of hydrogen-bond acceptors (Lipinski definition) is 3. The molecule has 0 aliphatic carbocycles. The van der Waals surface area contributed by atoms with Crippen LogP contribution < -0.4 is 0 Å². The number of carbonyl (C=O) groups is 1. The summed E-state index contributed by atoms with van der Waals surface area (Å²) in [5, 5.41) is 1.00. The van der Waals surface area contributed by atoms with Crippen molar-refractivity contribution < 1.29 is 9.53 Å². The fourth-order valence-electron chi connectivity index (χ4n) is 4.28. The van der Waals surface area contributed by atoms with E-state index in [0.29, 0.717) is 18.8 Å². The monoisotopic (exact) mass is 463 g/mol. The van der Waals surface area contributed by atoms with Crippen molar-refractivity contribution in [3.8, 4) is 11.4 Å². The Balaban J connectivity index is 1.63. The number of aromatic nitrogens is 3. The zero-order chi connectivity index (χ0) is 24.4. The van der Waals surface area contributed by atoms with Crippen LogP contribution in [0.3, 0.4) is 0 Å². The minimum Gasteiger partial charge on any atom is -0.455 e. The maximum Gasteiger partial charge on any atom is 0.357 e. The van der Waals surface area contributed by atoms with Gasteiger partial charge in [-0.25, -0.2) is 9.78 Å². The Hall–Kier alpha value is -4.12. The van der Waals surface area contributed by atoms with Gasteiger partial charge in [0.1, 0.15) is 5.60 Å². The summed E-state index contributed by atoms with van der Waals surface area (Å²) in [6.45, 7) is 7.02. The van der Waals surface area contributed by atoms with Crippen LogP contribution in [0.1, 0.15) is 42.4 Å². The van der Waals surface area contributed by atoms with E-state index in [9.17, 15) is 4.79 Å². The fraction of sp³-hybridized carbons (Fsp3) is 0.200. The van der Waals surface area contributed by atoms with E-state index >= 15 is 0 Å². The highest BCUT2D eigenvalue weighted by Gasteiger charge is 2.23. The molecule has 3 heterocycles. The van der Waals surface area contributed by atoms with Crippen LogP contribution in [0.5, 0.6) is 0 Å². The van der Waals surface area contributed by atoms with Crippen molar-refractivity contribution in [3.63, 3.8) is 0 Å². The lowest BCUT2D eigenvalue weighted by Crippen LogP contribution is -2.24. The Morgan fingerprint density at radius 3 is 2.06 bits per heavy atom. The normalized spacial score (nSPS) is 11.6. The molecule has 5 heteroatoms. The lowest BCUT2D eigenvalue weighted by molar-refractivity contribution is 0.00631. The summed E-state index contributed by atoms with van der Waals surface area (Å²) in [6.07, 6.45) is 4.11. The van der Waals surface area contributed by atoms with E-state index in [2.05, 4.69) is 57.9 Å². The van der Waals surface area contributed by atoms with Crippen LogP contribution in [0.25, 0.3) is 22.3 Å². The molecule has 2 aromatic carbocycles. The zero-order valence-electron chi connectivity index (χ0n) is 20.3. The smallest absolute Gasteiger partial charge is 0.357 e. The van der Waals surface area contributed by atoms with Gasteiger partial charge in [0.25, 0.3) is 0 Å². The molecule has 3 aromatic heterocycles. The Bertz CT molecular complexity index is 1460. The Labute approximate surface area is 205 Å². The lowest BCUT2D eigenvalue weighted by Gasteiger charge is -2.20. The van der Waals surface area contributed by atoms with Crippen LogP contribution in [0.4, 0.5) is 0 Å². The molecule has 5 nitrogen and oxygen atoms in total. The summed E-state index contributed by atoms with van der Waals surface area (Å²) in [7, 11) is 0. The van der Waals surface area contributed by atoms with Crippen LogP contribution in [0.2, 0.25) is 0 Å². The number of benzene rings is 2. The molecule has 0 unspecified atom stereocenters. The number of fused-ring (bicyclic) bond motifs is 1. The lowest BCUT2D eigenvalue weighted by atomic mass is 10.1. The van der Waals surface area contributed by atoms with Gasteiger partial charge in [-0.15, -0.1) is 0 Å². The highest BCUT2D eigenvalue weighted by atomic mass is 16.6. The number of hydrogen-bond donors (Lipinski definition) is 0. The highest BCUT2D eigenvalue weighted by Crippen LogP contribution is 2.31. The van der Waals surface area contributed by atoms with Gasteiger partial charge in [0, 0.05) is 30.9 Å². The molecule has 0 spiro atoms. The predicted molar refractivity (Wildman–Crippen MR) is 139 cm³/mol. The Morgan fingerprint density at radius 2 is 1.43 bits per heavy atom. The van der Waals surface area contributed by atoms with Gasteiger partial charge in [0.05, 0.1) is 16.9 Å². The second-order valence-electron chi connectivity index (χ2n) is 9.73. The van der Waals surface area contributed by atoms with E-state index in [-0.39, 0.29) is 0 Å². The molecule has 5 rings (SSSR count). The Kier molecular flexibility index (Phi) is 6.00. The van der Waals surface area contributed by atoms with E-state index in [1.54, 1.807) is 0 Å². The van der Waals surface area contributed by atoms with Crippen LogP contribution in [-0.2, 0) is 17.8 Å². The molecule has 0 bridgehead atoms. The van der Waals surface area contributed by atoms with Crippen molar-refractivity contribution in [2.75, 3.05) is 0 Å². The third kappa shape index (κ3) is 5.04. The van der Waals surface area contributed by atoms with Gasteiger partial charge in [0.2, 0.25) is 0 Å². The second-order valence-corrected chi connectivity index (χ2v) is 9.73. The molecule has 0 atom stereocenters. The summed E-state index contributed by atoms with van der Waals surface area (Å²) in [5.41, 5.74) is 4.78. The standard InChI is InChI=1S/C30H29N3O2/c1-30(2,3)35-29(34)25-19-27-24(16-18-33(27)21-23-13-8-5-9-14-23)28(31-25)26-15-10-17-32(26)20-22-11-6-4-7-12-22/h4-19H,20-21H2,1-3H3. The fourth-order valence-corrected chi connectivity index (χ4v) is 4.28. The summed E-state index contributed by atoms with van der Waals surface area (Å²) in [5.74, 6) is -0.422. The van der Waals surface area contributed by atoms with Gasteiger partial charge in [-0.1, -0.05) is 60.7 Å². The van der Waals surface area contributed by atoms with Crippen LogP contribution in [-0.4, -0.2) is 25.7 Å². The number of pyridine rings is 1. The number of carbonyl (C=O) groups excluding carboxylic acids is 1. The summed E-state index contributed by atoms with van der Waals surface area (Å²) >= 11 is 0. The first-order valence-electron chi connectivity index (χ1n) is 11.8. The largest absolute Gasteiger partial charge is 0.455 e. The van der Waals surface area contributed by atoms with Gasteiger partial charge in [-0.3, -0.25) is 0 Å². The van der Waals surface area contributed by atoms with E-state index < -0.39 is 11.6 Å². The molecule has 0 amide bonds. The van der Waals surface area contributed by atoms with E-state index in [0.717, 1.165) is 22.3 Å². The summed E-state index contributed by atoms with van der Waals surface area (Å²) in [4.78, 5) is 17.9. The quantitative estimate of drug-likeness (QED) is 0.268. The molecule has 0 aliphatic rings. The van der Waals surface area contributed by atoms with Crippen molar-refractivity contribution in [2.45, 2.75) is 39.5 Å². The minimum atomic E-state index is -0.604. The zero-order valence-corrected chi connectivity index (χ0v) is 20.3. The van der Waals surface area contributed by atoms with Crippen molar-refractivity contribution in [1.82, 2.24) is 14.1 Å². The molecule has 176 valence electrons. The van der Waals surface area contributed by atoms with E-state index in [1.165, 1.54) is 11.1 Å². The predicted octanol–water partition coefficient (Wildman–Crippen LogP) is 6.56. The molecule has 0 N–H and O–H groups in total. The Morgan fingerprint density at radius 1 is 0.800 bits per heavy atom. The molecule has 0 fully saturated rings. The molecule has 0 saturated carbocycles. The van der Waals surface area contributed by atoms with Crippen molar-refractivity contribution in [2.24, 2.45) is 0 Å². The molecular formula is C30H29N3O2. The first kappa shape index (κ1) is 22.7. The second kappa shape index (κ2) is 9.26. The van der Waals surface area contributed by atoms with Crippen molar-refractivity contribution >= 4 is 16.9 Å². The summed E-state index contributed by atoms with van der Waals surface area (Å²) in [6, 6.07) is 28.6. The van der Waals surface area contributed by atoms with Crippen LogP contribution in [0.15, 0.2) is 97.3 Å². The van der Waals surface area contributed by atoms with Gasteiger partial charge in [-0.05, 0) is 56.2 Å². The van der Waals surface area contributed by atoms with Crippen molar-refractivity contribution in [1.29, 1.82) is 0 Å². The first-order chi connectivity index (χ1) is 16.9. The van der Waals surface area contributed by atoms with Crippen molar-refractivity contribution in [3.05, 3.63) is 114 Å².